The maximum atomic E-state index is 13.6. The molecular weight excluding hydrogens is 373 g/mol. The molecule has 3 N–H and O–H groups in total. The Labute approximate surface area is 160 Å². The number of non-ortho nitro benzene ring substituents is 1. The smallest absolute Gasteiger partial charge is 0.338 e. The van der Waals surface area contributed by atoms with Gasteiger partial charge in [-0.2, -0.15) is 0 Å². The average Bonchev–Trinajstić information content (AvgIpc) is 2.67. The number of hydrogen-bond acceptors (Lipinski definition) is 8. The lowest BCUT2D eigenvalue weighted by molar-refractivity contribution is -0.384. The molecule has 0 amide bonds. The first-order chi connectivity index (χ1) is 13.3. The van der Waals surface area contributed by atoms with Gasteiger partial charge >= 0.3 is 11.9 Å². The number of nitrogens with two attached hydrogens (primary N) is 1. The number of ether oxygens (including phenoxy) is 2. The van der Waals surface area contributed by atoms with Crippen LogP contribution in [-0.4, -0.2) is 36.8 Å². The molecule has 150 valence electrons. The fourth-order valence-corrected chi connectivity index (χ4v) is 2.91. The normalized spacial score (nSPS) is 16.5. The monoisotopic (exact) mass is 393 g/mol. The summed E-state index contributed by atoms with van der Waals surface area (Å²) in [4.78, 5) is 35.6. The number of dihydropyridines is 1. The van der Waals surface area contributed by atoms with E-state index in [4.69, 9.17) is 15.2 Å². The van der Waals surface area contributed by atoms with Crippen LogP contribution in [0.5, 0.6) is 0 Å². The minimum atomic E-state index is -1.19. The van der Waals surface area contributed by atoms with E-state index in [1.54, 1.807) is 13.8 Å². The van der Waals surface area contributed by atoms with E-state index in [-0.39, 0.29) is 47.1 Å². The topological polar surface area (TPSA) is 134 Å². The van der Waals surface area contributed by atoms with Crippen molar-refractivity contribution in [1.82, 2.24) is 5.32 Å². The molecule has 10 heteroatoms. The van der Waals surface area contributed by atoms with E-state index in [2.05, 4.69) is 5.32 Å². The standard InChI is InChI=1S/C18H20FN3O6/c1-3-27-17(23)14-12(9-19)21-16(20)15(18(24)28-4-2)13(14)10-6-5-7-11(8-10)22(25)26/h5-8,13,21H,3-4,9,20H2,1-2H3. The first-order valence-corrected chi connectivity index (χ1v) is 8.49. The molecule has 9 nitrogen and oxygen atoms in total. The molecule has 1 heterocycles. The van der Waals surface area contributed by atoms with Crippen LogP contribution >= 0.6 is 0 Å². The van der Waals surface area contributed by atoms with E-state index < -0.39 is 29.5 Å². The average molecular weight is 393 g/mol. The van der Waals surface area contributed by atoms with E-state index in [1.165, 1.54) is 24.3 Å². The Hall–Kier alpha value is -3.43. The molecule has 0 saturated carbocycles. The van der Waals surface area contributed by atoms with Crippen LogP contribution in [0.3, 0.4) is 0 Å². The second-order valence-electron chi connectivity index (χ2n) is 5.70. The summed E-state index contributed by atoms with van der Waals surface area (Å²) in [7, 11) is 0. The van der Waals surface area contributed by atoms with Gasteiger partial charge in [-0.05, 0) is 19.4 Å². The number of carbonyl (C=O) groups is 2. The van der Waals surface area contributed by atoms with E-state index in [1.807, 2.05) is 0 Å². The van der Waals surface area contributed by atoms with Gasteiger partial charge in [-0.25, -0.2) is 14.0 Å². The Bertz CT molecular complexity index is 865. The number of rotatable bonds is 7. The van der Waals surface area contributed by atoms with Crippen LogP contribution in [0.15, 0.2) is 46.9 Å². The Morgan fingerprint density at radius 3 is 2.36 bits per heavy atom. The molecule has 1 aliphatic rings. The van der Waals surface area contributed by atoms with Crippen molar-refractivity contribution in [1.29, 1.82) is 0 Å². The second-order valence-corrected chi connectivity index (χ2v) is 5.70. The summed E-state index contributed by atoms with van der Waals surface area (Å²) in [5.74, 6) is -3.09. The number of hydrogen-bond donors (Lipinski definition) is 2. The Morgan fingerprint density at radius 1 is 1.21 bits per heavy atom. The molecule has 0 saturated heterocycles. The second kappa shape index (κ2) is 8.98. The Morgan fingerprint density at radius 2 is 1.82 bits per heavy atom. The summed E-state index contributed by atoms with van der Waals surface area (Å²) in [6.45, 7) is 2.12. The zero-order chi connectivity index (χ0) is 20.8. The molecule has 0 radical (unpaired) electrons. The van der Waals surface area contributed by atoms with Crippen LogP contribution in [-0.2, 0) is 19.1 Å². The van der Waals surface area contributed by atoms with Gasteiger partial charge in [0.15, 0.2) is 0 Å². The number of nitrogens with zero attached hydrogens (tertiary/aromatic N) is 1. The molecular formula is C18H20FN3O6. The van der Waals surface area contributed by atoms with Crippen molar-refractivity contribution in [3.05, 3.63) is 62.6 Å². The fraction of sp³-hybridized carbons (Fsp3) is 0.333. The van der Waals surface area contributed by atoms with Gasteiger partial charge in [0, 0.05) is 12.1 Å². The predicted octanol–water partition coefficient (Wildman–Crippen LogP) is 1.80. The molecule has 0 aliphatic carbocycles. The van der Waals surface area contributed by atoms with Crippen molar-refractivity contribution in [3.63, 3.8) is 0 Å². The van der Waals surface area contributed by atoms with E-state index in [9.17, 15) is 24.1 Å². The highest BCUT2D eigenvalue weighted by atomic mass is 19.1. The lowest BCUT2D eigenvalue weighted by atomic mass is 9.81. The van der Waals surface area contributed by atoms with Crippen molar-refractivity contribution < 1.29 is 28.4 Å². The first-order valence-electron chi connectivity index (χ1n) is 8.49. The molecule has 1 aromatic rings. The number of halogens is 1. The Balaban J connectivity index is 2.73. The number of nitrogens with one attached hydrogen (secondary N) is 1. The van der Waals surface area contributed by atoms with Crippen molar-refractivity contribution in [2.45, 2.75) is 19.8 Å². The highest BCUT2D eigenvalue weighted by molar-refractivity contribution is 6.00. The van der Waals surface area contributed by atoms with Crippen LogP contribution in [0.2, 0.25) is 0 Å². The minimum absolute atomic E-state index is 0.0114. The third kappa shape index (κ3) is 4.11. The van der Waals surface area contributed by atoms with Crippen molar-refractivity contribution in [2.24, 2.45) is 5.73 Å². The van der Waals surface area contributed by atoms with Crippen LogP contribution in [0, 0.1) is 10.1 Å². The molecule has 0 aromatic heterocycles. The number of alkyl halides is 1. The number of nitro benzene ring substituents is 1. The number of allylic oxidation sites excluding steroid dienone is 1. The van der Waals surface area contributed by atoms with E-state index in [0.717, 1.165) is 0 Å². The zero-order valence-corrected chi connectivity index (χ0v) is 15.4. The van der Waals surface area contributed by atoms with Gasteiger partial charge in [0.2, 0.25) is 0 Å². The molecule has 1 unspecified atom stereocenters. The minimum Gasteiger partial charge on any atom is -0.463 e. The highest BCUT2D eigenvalue weighted by Crippen LogP contribution is 2.39. The van der Waals surface area contributed by atoms with Crippen molar-refractivity contribution >= 4 is 17.6 Å². The highest BCUT2D eigenvalue weighted by Gasteiger charge is 2.40. The number of nitro groups is 1. The SMILES string of the molecule is CCOC(=O)C1=C(N)NC(CF)=C(C(=O)OCC)C1c1cccc([N+](=O)[O-])c1. The molecule has 0 fully saturated rings. The van der Waals surface area contributed by atoms with Crippen LogP contribution in [0.4, 0.5) is 10.1 Å². The van der Waals surface area contributed by atoms with Crippen LogP contribution < -0.4 is 11.1 Å². The summed E-state index contributed by atoms with van der Waals surface area (Å²) >= 11 is 0. The zero-order valence-electron chi connectivity index (χ0n) is 15.4. The van der Waals surface area contributed by atoms with Gasteiger partial charge in [-0.1, -0.05) is 12.1 Å². The van der Waals surface area contributed by atoms with Crippen molar-refractivity contribution in [3.8, 4) is 0 Å². The molecule has 1 atom stereocenters. The molecule has 0 bridgehead atoms. The summed E-state index contributed by atoms with van der Waals surface area (Å²) in [6, 6.07) is 5.32. The maximum Gasteiger partial charge on any atom is 0.338 e. The van der Waals surface area contributed by atoms with Crippen LogP contribution in [0.1, 0.15) is 25.3 Å². The Kier molecular flexibility index (Phi) is 6.69. The lowest BCUT2D eigenvalue weighted by Crippen LogP contribution is -2.37. The summed E-state index contributed by atoms with van der Waals surface area (Å²) in [5, 5.41) is 13.7. The van der Waals surface area contributed by atoms with Gasteiger partial charge in [-0.3, -0.25) is 10.1 Å². The quantitative estimate of drug-likeness (QED) is 0.407. The first kappa shape index (κ1) is 20.9. The third-order valence-electron chi connectivity index (χ3n) is 4.02. The number of esters is 2. The van der Waals surface area contributed by atoms with Gasteiger partial charge < -0.3 is 20.5 Å². The molecule has 1 aliphatic heterocycles. The summed E-state index contributed by atoms with van der Waals surface area (Å²) < 4.78 is 23.7. The van der Waals surface area contributed by atoms with E-state index >= 15 is 0 Å². The molecule has 28 heavy (non-hydrogen) atoms. The van der Waals surface area contributed by atoms with Gasteiger partial charge in [-0.15, -0.1) is 0 Å². The molecule has 1 aromatic carbocycles. The van der Waals surface area contributed by atoms with Crippen molar-refractivity contribution in [2.75, 3.05) is 19.9 Å². The number of carbonyl (C=O) groups excluding carboxylic acids is 2. The van der Waals surface area contributed by atoms with E-state index in [0.29, 0.717) is 0 Å². The molecule has 0 spiro atoms. The molecule has 2 rings (SSSR count). The summed E-state index contributed by atoms with van der Waals surface area (Å²) in [6.07, 6.45) is 0. The maximum absolute atomic E-state index is 13.6. The fourth-order valence-electron chi connectivity index (χ4n) is 2.91. The largest absolute Gasteiger partial charge is 0.463 e. The number of benzene rings is 1. The van der Waals surface area contributed by atoms with Gasteiger partial charge in [0.05, 0.1) is 40.9 Å². The predicted molar refractivity (Wildman–Crippen MR) is 96.5 cm³/mol. The lowest BCUT2D eigenvalue weighted by Gasteiger charge is -2.30. The van der Waals surface area contributed by atoms with Gasteiger partial charge in [0.25, 0.3) is 5.69 Å². The third-order valence-corrected chi connectivity index (χ3v) is 4.02. The van der Waals surface area contributed by atoms with Crippen LogP contribution in [0.25, 0.3) is 0 Å². The summed E-state index contributed by atoms with van der Waals surface area (Å²) in [5.41, 5.74) is 5.34. The van der Waals surface area contributed by atoms with Gasteiger partial charge in [0.1, 0.15) is 12.5 Å².